The molecule has 3 aromatic rings. The van der Waals surface area contributed by atoms with Gasteiger partial charge in [0.1, 0.15) is 17.5 Å². The normalized spacial score (nSPS) is 17.7. The third kappa shape index (κ3) is 6.41. The number of amidine groups is 1. The molecule has 214 valence electrons. The number of aliphatic imine (C=N–C) groups is 1. The lowest BCUT2D eigenvalue weighted by atomic mass is 9.99. The van der Waals surface area contributed by atoms with Gasteiger partial charge in [-0.05, 0) is 92.5 Å². The van der Waals surface area contributed by atoms with E-state index >= 15 is 0 Å². The molecule has 2 saturated heterocycles. The number of morpholine rings is 1. The molecule has 1 amide bonds. The molecule has 3 aliphatic rings. The van der Waals surface area contributed by atoms with Gasteiger partial charge in [0.15, 0.2) is 0 Å². The lowest BCUT2D eigenvalue weighted by Crippen LogP contribution is -2.38. The number of ether oxygens (including phenoxy) is 1. The number of nitrogens with one attached hydrogen (secondary N) is 2. The molecule has 2 fully saturated rings. The third-order valence-corrected chi connectivity index (χ3v) is 8.10. The number of halogens is 2. The molecular formula is C32H35F2N5O2. The fraction of sp³-hybridized carbons (Fsp3) is 0.375. The number of anilines is 2. The number of nitrogens with zero attached hydrogens (tertiary/aromatic N) is 3. The van der Waals surface area contributed by atoms with Crippen molar-refractivity contribution >= 4 is 23.1 Å². The number of likely N-dealkylation sites (tertiary alicyclic amines) is 1. The lowest BCUT2D eigenvalue weighted by Gasteiger charge is -2.32. The first-order chi connectivity index (χ1) is 19.9. The smallest absolute Gasteiger partial charge is 0.258 e. The van der Waals surface area contributed by atoms with Crippen LogP contribution in [-0.2, 0) is 17.7 Å². The zero-order valence-corrected chi connectivity index (χ0v) is 23.3. The Hall–Kier alpha value is -3.82. The SMILES string of the molecule is CN1CCC(Nc2cc(N3CCOCC3)ccc2C(=O)NC2=NCc3ccc(Cc4cc(F)cc(F)c4)cc32)CC1. The van der Waals surface area contributed by atoms with E-state index in [4.69, 9.17) is 4.74 Å². The van der Waals surface area contributed by atoms with Gasteiger partial charge in [0.2, 0.25) is 0 Å². The molecule has 0 atom stereocenters. The lowest BCUT2D eigenvalue weighted by molar-refractivity contribution is 0.0977. The number of amides is 1. The number of hydrogen-bond acceptors (Lipinski definition) is 6. The van der Waals surface area contributed by atoms with Crippen molar-refractivity contribution in [2.75, 3.05) is 56.7 Å². The molecule has 0 radical (unpaired) electrons. The number of hydrogen-bond donors (Lipinski definition) is 2. The summed E-state index contributed by atoms with van der Waals surface area (Å²) in [5, 5.41) is 6.73. The molecule has 7 nitrogen and oxygen atoms in total. The first-order valence-electron chi connectivity index (χ1n) is 14.3. The fourth-order valence-electron chi connectivity index (χ4n) is 5.81. The van der Waals surface area contributed by atoms with Gasteiger partial charge in [-0.15, -0.1) is 0 Å². The fourth-order valence-corrected chi connectivity index (χ4v) is 5.81. The van der Waals surface area contributed by atoms with Crippen molar-refractivity contribution in [3.8, 4) is 0 Å². The molecule has 0 unspecified atom stereocenters. The van der Waals surface area contributed by atoms with E-state index in [2.05, 4.69) is 38.5 Å². The van der Waals surface area contributed by atoms with Crippen molar-refractivity contribution in [3.63, 3.8) is 0 Å². The topological polar surface area (TPSA) is 69.2 Å². The second kappa shape index (κ2) is 12.0. The molecule has 3 heterocycles. The van der Waals surface area contributed by atoms with Gasteiger partial charge < -0.3 is 25.2 Å². The Balaban J connectivity index is 1.22. The van der Waals surface area contributed by atoms with Crippen molar-refractivity contribution in [1.82, 2.24) is 10.2 Å². The number of rotatable bonds is 6. The summed E-state index contributed by atoms with van der Waals surface area (Å²) in [6.07, 6.45) is 2.39. The Bertz CT molecular complexity index is 1440. The van der Waals surface area contributed by atoms with Gasteiger partial charge in [-0.1, -0.05) is 12.1 Å². The molecule has 3 aliphatic heterocycles. The second-order valence-electron chi connectivity index (χ2n) is 11.1. The van der Waals surface area contributed by atoms with Crippen LogP contribution in [0.2, 0.25) is 0 Å². The monoisotopic (exact) mass is 559 g/mol. The van der Waals surface area contributed by atoms with Crippen molar-refractivity contribution in [1.29, 1.82) is 0 Å². The minimum atomic E-state index is -0.597. The molecule has 6 rings (SSSR count). The van der Waals surface area contributed by atoms with Crippen LogP contribution in [0.1, 0.15) is 45.5 Å². The van der Waals surface area contributed by atoms with Crippen LogP contribution in [-0.4, -0.2) is 69.1 Å². The number of carbonyl (C=O) groups excluding carboxylic acids is 1. The summed E-state index contributed by atoms with van der Waals surface area (Å²) in [4.78, 5) is 22.9. The molecular weight excluding hydrogens is 524 g/mol. The Labute approximate surface area is 239 Å². The van der Waals surface area contributed by atoms with Gasteiger partial charge in [0, 0.05) is 42.1 Å². The minimum absolute atomic E-state index is 0.224. The molecule has 3 aromatic carbocycles. The molecule has 0 aromatic heterocycles. The maximum atomic E-state index is 13.7. The quantitative estimate of drug-likeness (QED) is 0.463. The average Bonchev–Trinajstić information content (AvgIpc) is 3.36. The van der Waals surface area contributed by atoms with E-state index < -0.39 is 11.6 Å². The number of fused-ring (bicyclic) bond motifs is 1. The van der Waals surface area contributed by atoms with Crippen LogP contribution < -0.4 is 15.5 Å². The second-order valence-corrected chi connectivity index (χ2v) is 11.1. The summed E-state index contributed by atoms with van der Waals surface area (Å²) in [6, 6.07) is 15.7. The Morgan fingerprint density at radius 1 is 0.951 bits per heavy atom. The van der Waals surface area contributed by atoms with Gasteiger partial charge in [-0.3, -0.25) is 9.79 Å². The third-order valence-electron chi connectivity index (χ3n) is 8.10. The van der Waals surface area contributed by atoms with Gasteiger partial charge in [0.25, 0.3) is 5.91 Å². The van der Waals surface area contributed by atoms with Crippen molar-refractivity contribution in [2.45, 2.75) is 31.8 Å². The zero-order valence-electron chi connectivity index (χ0n) is 23.3. The van der Waals surface area contributed by atoms with E-state index in [9.17, 15) is 13.6 Å². The van der Waals surface area contributed by atoms with Crippen LogP contribution in [0.5, 0.6) is 0 Å². The zero-order chi connectivity index (χ0) is 28.3. The van der Waals surface area contributed by atoms with Crippen LogP contribution in [0.25, 0.3) is 0 Å². The van der Waals surface area contributed by atoms with E-state index in [1.54, 1.807) is 0 Å². The Kier molecular flexibility index (Phi) is 7.98. The van der Waals surface area contributed by atoms with E-state index in [1.165, 1.54) is 12.1 Å². The first-order valence-corrected chi connectivity index (χ1v) is 14.3. The van der Waals surface area contributed by atoms with Crippen LogP contribution in [0.15, 0.2) is 59.6 Å². The van der Waals surface area contributed by atoms with Gasteiger partial charge in [-0.25, -0.2) is 8.78 Å². The van der Waals surface area contributed by atoms with Crippen molar-refractivity contribution < 1.29 is 18.3 Å². The summed E-state index contributed by atoms with van der Waals surface area (Å²) in [7, 11) is 2.14. The van der Waals surface area contributed by atoms with E-state index in [0.717, 1.165) is 73.2 Å². The minimum Gasteiger partial charge on any atom is -0.382 e. The highest BCUT2D eigenvalue weighted by atomic mass is 19.1. The van der Waals surface area contributed by atoms with E-state index in [-0.39, 0.29) is 11.9 Å². The average molecular weight is 560 g/mol. The van der Waals surface area contributed by atoms with Gasteiger partial charge in [0.05, 0.1) is 25.3 Å². The number of piperidine rings is 1. The summed E-state index contributed by atoms with van der Waals surface area (Å²) < 4.78 is 33.0. The highest BCUT2D eigenvalue weighted by Gasteiger charge is 2.24. The number of carbonyl (C=O) groups is 1. The summed E-state index contributed by atoms with van der Waals surface area (Å²) in [6.45, 7) is 5.51. The largest absolute Gasteiger partial charge is 0.382 e. The van der Waals surface area contributed by atoms with Crippen molar-refractivity contribution in [2.24, 2.45) is 4.99 Å². The maximum absolute atomic E-state index is 13.7. The van der Waals surface area contributed by atoms with Crippen LogP contribution in [0, 0.1) is 11.6 Å². The van der Waals surface area contributed by atoms with Crippen LogP contribution >= 0.6 is 0 Å². The molecule has 0 bridgehead atoms. The van der Waals surface area contributed by atoms with E-state index in [1.807, 2.05) is 30.3 Å². The first kappa shape index (κ1) is 27.4. The Morgan fingerprint density at radius 2 is 1.71 bits per heavy atom. The Morgan fingerprint density at radius 3 is 2.46 bits per heavy atom. The molecule has 0 saturated carbocycles. The summed E-state index contributed by atoms with van der Waals surface area (Å²) in [5.74, 6) is -0.905. The summed E-state index contributed by atoms with van der Waals surface area (Å²) >= 11 is 0. The molecule has 41 heavy (non-hydrogen) atoms. The predicted molar refractivity (Wildman–Crippen MR) is 157 cm³/mol. The van der Waals surface area contributed by atoms with Crippen molar-refractivity contribution in [3.05, 3.63) is 94.0 Å². The van der Waals surface area contributed by atoms with Gasteiger partial charge >= 0.3 is 0 Å². The maximum Gasteiger partial charge on any atom is 0.258 e. The van der Waals surface area contributed by atoms with Crippen LogP contribution in [0.4, 0.5) is 20.2 Å². The van der Waals surface area contributed by atoms with Gasteiger partial charge in [-0.2, -0.15) is 0 Å². The standard InChI is InChI=1S/C32H35F2N5O2/c1-38-8-6-26(7-9-38)36-30-19-27(39-10-12-41-13-11-39)4-5-28(30)32(40)37-31-29-17-21(2-3-23(29)20-35-31)14-22-15-24(33)18-25(34)16-22/h2-5,15-19,26,36H,6-14,20H2,1H3,(H,35,37,40). The summed E-state index contributed by atoms with van der Waals surface area (Å²) in [5.41, 5.74) is 5.74. The van der Waals surface area contributed by atoms with Crippen LogP contribution in [0.3, 0.4) is 0 Å². The highest BCUT2D eigenvalue weighted by molar-refractivity contribution is 6.15. The number of benzene rings is 3. The molecule has 9 heteroatoms. The van der Waals surface area contributed by atoms with E-state index in [0.29, 0.717) is 43.1 Å². The molecule has 2 N–H and O–H groups in total. The molecule has 0 aliphatic carbocycles. The molecule has 0 spiro atoms. The predicted octanol–water partition coefficient (Wildman–Crippen LogP) is 4.59. The highest BCUT2D eigenvalue weighted by Crippen LogP contribution is 2.28.